The van der Waals surface area contributed by atoms with E-state index in [4.69, 9.17) is 11.3 Å². The number of hydrogen-bond donors (Lipinski definition) is 0. The van der Waals surface area contributed by atoms with E-state index >= 15 is 0 Å². The Morgan fingerprint density at radius 1 is 1.19 bits per heavy atom. The molecule has 0 N–H and O–H groups in total. The van der Waals surface area contributed by atoms with Crippen molar-refractivity contribution < 1.29 is 18.7 Å². The topological polar surface area (TPSA) is 80.0 Å². The molecule has 2 aromatic carbocycles. The first-order valence-corrected chi connectivity index (χ1v) is 11.6. The summed E-state index contributed by atoms with van der Waals surface area (Å²) in [6.45, 7) is 7.86. The summed E-state index contributed by atoms with van der Waals surface area (Å²) in [5, 5.41) is 1.20. The molecule has 182 valence electrons. The number of ether oxygens (including phenoxy) is 1. The normalized spacial score (nSPS) is 15.4. The fourth-order valence-electron chi connectivity index (χ4n) is 5.38. The Hall–Kier alpha value is -4.84. The van der Waals surface area contributed by atoms with Gasteiger partial charge in [0.15, 0.2) is 0 Å². The van der Waals surface area contributed by atoms with E-state index in [1.807, 2.05) is 30.3 Å². The first-order chi connectivity index (χ1) is 18.0. The number of benzene rings is 2. The number of hydrogen-bond acceptors (Lipinski definition) is 5. The van der Waals surface area contributed by atoms with Crippen LogP contribution in [0.25, 0.3) is 26.7 Å². The van der Waals surface area contributed by atoms with Crippen LogP contribution < -0.4 is 4.90 Å². The number of rotatable bonds is 3. The van der Waals surface area contributed by atoms with Gasteiger partial charge < -0.3 is 14.5 Å². The molecule has 6 rings (SSSR count). The van der Waals surface area contributed by atoms with Crippen molar-refractivity contribution in [3.8, 4) is 11.1 Å². The van der Waals surface area contributed by atoms with E-state index in [2.05, 4.69) is 14.8 Å². The monoisotopic (exact) mass is 493 g/mol. The third-order valence-corrected chi connectivity index (χ3v) is 7.13. The second kappa shape index (κ2) is 8.38. The first kappa shape index (κ1) is 22.6. The zero-order valence-corrected chi connectivity index (χ0v) is 19.8. The third kappa shape index (κ3) is 3.33. The van der Waals surface area contributed by atoms with Crippen molar-refractivity contribution in [2.75, 3.05) is 25.1 Å². The van der Waals surface area contributed by atoms with Gasteiger partial charge in [-0.05, 0) is 40.6 Å². The molecule has 37 heavy (non-hydrogen) atoms. The molecule has 9 heteroatoms. The molecule has 0 unspecified atom stereocenters. The van der Waals surface area contributed by atoms with E-state index in [0.717, 1.165) is 16.8 Å². The molecule has 1 fully saturated rings. The van der Waals surface area contributed by atoms with Gasteiger partial charge in [-0.25, -0.2) is 14.0 Å². The molecule has 0 radical (unpaired) electrons. The van der Waals surface area contributed by atoms with Gasteiger partial charge in [0.25, 0.3) is 0 Å². The molecule has 1 spiro atoms. The van der Waals surface area contributed by atoms with Crippen LogP contribution in [0.5, 0.6) is 0 Å². The Labute approximate surface area is 211 Å². The lowest BCUT2D eigenvalue weighted by atomic mass is 9.75. The number of amides is 2. The van der Waals surface area contributed by atoms with Gasteiger partial charge in [-0.15, -0.1) is 0 Å². The summed E-state index contributed by atoms with van der Waals surface area (Å²) in [5.74, 6) is -0.744. The van der Waals surface area contributed by atoms with Crippen molar-refractivity contribution in [3.05, 3.63) is 95.6 Å². The third-order valence-electron chi connectivity index (χ3n) is 7.13. The van der Waals surface area contributed by atoms with Gasteiger partial charge in [0, 0.05) is 48.5 Å². The van der Waals surface area contributed by atoms with Gasteiger partial charge in [-0.3, -0.25) is 14.8 Å². The summed E-state index contributed by atoms with van der Waals surface area (Å²) < 4.78 is 19.6. The quantitative estimate of drug-likeness (QED) is 0.381. The van der Waals surface area contributed by atoms with E-state index in [1.54, 1.807) is 29.6 Å². The molecule has 0 aliphatic carbocycles. The average molecular weight is 493 g/mol. The number of carbonyl (C=O) groups excluding carboxylic acids is 2. The van der Waals surface area contributed by atoms with Crippen LogP contribution in [0, 0.1) is 12.4 Å². The smallest absolute Gasteiger partial charge is 0.409 e. The Morgan fingerprint density at radius 2 is 2.00 bits per heavy atom. The first-order valence-electron chi connectivity index (χ1n) is 11.6. The maximum absolute atomic E-state index is 14.7. The van der Waals surface area contributed by atoms with Gasteiger partial charge in [-0.2, -0.15) is 0 Å². The van der Waals surface area contributed by atoms with Crippen LogP contribution >= 0.6 is 0 Å². The molecular weight excluding hydrogens is 473 g/mol. The Bertz CT molecular complexity index is 1630. The van der Waals surface area contributed by atoms with Crippen molar-refractivity contribution in [3.63, 3.8) is 0 Å². The Kier molecular flexibility index (Phi) is 5.12. The van der Waals surface area contributed by atoms with Crippen LogP contribution in [-0.4, -0.2) is 47.1 Å². The number of likely N-dealkylation sites (tertiary alicyclic amines) is 1. The summed E-state index contributed by atoms with van der Waals surface area (Å²) >= 11 is 0. The van der Waals surface area contributed by atoms with Crippen LogP contribution in [0.4, 0.5) is 20.6 Å². The second-order valence-corrected chi connectivity index (χ2v) is 9.14. The van der Waals surface area contributed by atoms with E-state index in [0.29, 0.717) is 22.0 Å². The molecule has 2 aliphatic heterocycles. The highest BCUT2D eigenvalue weighted by molar-refractivity contribution is 6.10. The van der Waals surface area contributed by atoms with E-state index in [1.165, 1.54) is 24.1 Å². The largest absolute Gasteiger partial charge is 0.453 e. The number of para-hydroxylation sites is 1. The SMILES string of the molecule is [C-]#[N+]c1cc2cnc(CN3C(=O)C4(CN(C(=O)OC)C4)c4ccccc43)c(-c3cccnc3)c2cc1F. The average Bonchev–Trinajstić information content (AvgIpc) is 3.15. The maximum atomic E-state index is 14.7. The van der Waals surface area contributed by atoms with Gasteiger partial charge in [0.2, 0.25) is 11.6 Å². The molecule has 4 aromatic rings. The number of halogens is 1. The maximum Gasteiger partial charge on any atom is 0.409 e. The molecule has 1 saturated heterocycles. The van der Waals surface area contributed by atoms with E-state index < -0.39 is 17.3 Å². The molecule has 0 atom stereocenters. The molecular formula is C28H20FN5O3. The number of fused-ring (bicyclic) bond motifs is 3. The van der Waals surface area contributed by atoms with Crippen molar-refractivity contribution >= 4 is 34.1 Å². The van der Waals surface area contributed by atoms with Crippen LogP contribution in [0.15, 0.2) is 67.1 Å². The minimum absolute atomic E-state index is 0.0788. The minimum atomic E-state index is -0.841. The fraction of sp³-hybridized carbons (Fsp3) is 0.179. The minimum Gasteiger partial charge on any atom is -0.453 e. The van der Waals surface area contributed by atoms with Gasteiger partial charge >= 0.3 is 6.09 Å². The number of aromatic nitrogens is 2. The lowest BCUT2D eigenvalue weighted by molar-refractivity contribution is -0.128. The van der Waals surface area contributed by atoms with Gasteiger partial charge in [0.05, 0.1) is 25.9 Å². The van der Waals surface area contributed by atoms with Crippen molar-refractivity contribution in [1.82, 2.24) is 14.9 Å². The standard InChI is InChI=1S/C28H20FN5O3/c1-30-22-10-18-13-32-23(25(19(18)11-21(22)29)17-6-5-9-31-12-17)14-34-24-8-4-3-7-20(24)28(26(34)35)15-33(16-28)27(36)37-2/h3-13H,14-16H2,2H3. The summed E-state index contributed by atoms with van der Waals surface area (Å²) in [7, 11) is 1.32. The van der Waals surface area contributed by atoms with Crippen LogP contribution in [0.2, 0.25) is 0 Å². The van der Waals surface area contributed by atoms with Gasteiger partial charge in [-0.1, -0.05) is 24.3 Å². The zero-order chi connectivity index (χ0) is 25.7. The molecule has 4 heterocycles. The lowest BCUT2D eigenvalue weighted by Crippen LogP contribution is -2.65. The number of methoxy groups -OCH3 is 1. The summed E-state index contributed by atoms with van der Waals surface area (Å²) in [5.41, 5.74) is 2.64. The molecule has 0 saturated carbocycles. The van der Waals surface area contributed by atoms with Crippen molar-refractivity contribution in [2.24, 2.45) is 0 Å². The lowest BCUT2D eigenvalue weighted by Gasteiger charge is -2.45. The zero-order valence-electron chi connectivity index (χ0n) is 19.8. The predicted octanol–water partition coefficient (Wildman–Crippen LogP) is 4.85. The van der Waals surface area contributed by atoms with Crippen molar-refractivity contribution in [1.29, 1.82) is 0 Å². The molecule has 2 aliphatic rings. The highest BCUT2D eigenvalue weighted by Crippen LogP contribution is 2.48. The van der Waals surface area contributed by atoms with Gasteiger partial charge in [0.1, 0.15) is 11.2 Å². The highest BCUT2D eigenvalue weighted by atomic mass is 19.1. The number of carbonyl (C=O) groups is 2. The molecule has 0 bridgehead atoms. The van der Waals surface area contributed by atoms with Crippen LogP contribution in [-0.2, 0) is 21.5 Å². The fourth-order valence-corrected chi connectivity index (χ4v) is 5.38. The molecule has 2 amide bonds. The highest BCUT2D eigenvalue weighted by Gasteiger charge is 2.59. The van der Waals surface area contributed by atoms with E-state index in [-0.39, 0.29) is 31.2 Å². The van der Waals surface area contributed by atoms with Crippen LogP contribution in [0.3, 0.4) is 0 Å². The number of pyridine rings is 2. The summed E-state index contributed by atoms with van der Waals surface area (Å²) in [4.78, 5) is 41.3. The molecule has 8 nitrogen and oxygen atoms in total. The summed E-state index contributed by atoms with van der Waals surface area (Å²) in [6, 6.07) is 14.0. The van der Waals surface area contributed by atoms with Crippen molar-refractivity contribution in [2.45, 2.75) is 12.0 Å². The van der Waals surface area contributed by atoms with E-state index in [9.17, 15) is 14.0 Å². The Morgan fingerprint density at radius 3 is 2.73 bits per heavy atom. The number of anilines is 1. The number of nitrogens with zero attached hydrogens (tertiary/aromatic N) is 5. The summed E-state index contributed by atoms with van der Waals surface area (Å²) in [6.07, 6.45) is 4.45. The Balaban J connectivity index is 1.47. The molecule has 2 aromatic heterocycles. The second-order valence-electron chi connectivity index (χ2n) is 9.14. The van der Waals surface area contributed by atoms with Crippen LogP contribution in [0.1, 0.15) is 11.3 Å². The predicted molar refractivity (Wildman–Crippen MR) is 134 cm³/mol.